The summed E-state index contributed by atoms with van der Waals surface area (Å²) in [5, 5.41) is 6.77. The second kappa shape index (κ2) is 6.71. The number of hydrogen-bond acceptors (Lipinski definition) is 5. The summed E-state index contributed by atoms with van der Waals surface area (Å²) in [5.74, 6) is 1.41. The third-order valence-electron chi connectivity index (χ3n) is 2.87. The van der Waals surface area contributed by atoms with Crippen molar-refractivity contribution in [1.82, 2.24) is 0 Å². The first kappa shape index (κ1) is 16.9. The summed E-state index contributed by atoms with van der Waals surface area (Å²) >= 11 is 0. The molecule has 0 aromatic carbocycles. The van der Waals surface area contributed by atoms with Gasteiger partial charge in [0.25, 0.3) is 0 Å². The fourth-order valence-electron chi connectivity index (χ4n) is 0.984. The van der Waals surface area contributed by atoms with E-state index in [1.807, 2.05) is 12.8 Å². The highest BCUT2D eigenvalue weighted by Gasteiger charge is 2.27. The maximum Gasteiger partial charge on any atom is 0.311 e. The van der Waals surface area contributed by atoms with Crippen LogP contribution in [-0.4, -0.2) is 32.6 Å². The number of nitrogens with one attached hydrogen (secondary N) is 1. The van der Waals surface area contributed by atoms with E-state index in [1.165, 1.54) is 6.92 Å². The molecule has 0 aliphatic carbocycles. The third-order valence-corrected chi connectivity index (χ3v) is 4.73. The Hall–Kier alpha value is -1.13. The number of ether oxygens (including phenoxy) is 1. The minimum atomic E-state index is -3.42. The molecule has 0 aliphatic rings. The normalized spacial score (nSPS) is 11.8. The van der Waals surface area contributed by atoms with Gasteiger partial charge in [0.1, 0.15) is 4.91 Å². The van der Waals surface area contributed by atoms with Crippen LogP contribution in [0.5, 0.6) is 0 Å². The first-order valence-electron chi connectivity index (χ1n) is 5.83. The first-order chi connectivity index (χ1) is 8.17. The van der Waals surface area contributed by atoms with E-state index in [9.17, 15) is 13.2 Å². The summed E-state index contributed by atoms with van der Waals surface area (Å²) in [5.41, 5.74) is -0.538. The van der Waals surface area contributed by atoms with Gasteiger partial charge in [-0.15, -0.1) is 0 Å². The van der Waals surface area contributed by atoms with E-state index < -0.39 is 15.3 Å². The Bertz CT molecular complexity index is 445. The van der Waals surface area contributed by atoms with Crippen molar-refractivity contribution in [2.75, 3.05) is 12.4 Å². The standard InChI is InChI=1S/C12H21NO4S/c1-5-12(3,4)11(14)17-7-6-8-18(15,16)10(2)9-13/h13H,5-8H2,1-4H3. The largest absolute Gasteiger partial charge is 0.465 e. The van der Waals surface area contributed by atoms with Crippen LogP contribution in [0.2, 0.25) is 0 Å². The summed E-state index contributed by atoms with van der Waals surface area (Å²) in [4.78, 5) is 11.5. The van der Waals surface area contributed by atoms with Gasteiger partial charge in [-0.3, -0.25) is 10.2 Å². The fourth-order valence-corrected chi connectivity index (χ4v) is 1.94. The summed E-state index contributed by atoms with van der Waals surface area (Å²) in [6.07, 6.45) is 0.896. The van der Waals surface area contributed by atoms with Crippen molar-refractivity contribution < 1.29 is 17.9 Å². The molecule has 0 rings (SSSR count). The minimum absolute atomic E-state index is 0.0762. The lowest BCUT2D eigenvalue weighted by atomic mass is 9.91. The molecule has 1 N–H and O–H groups in total. The second-order valence-corrected chi connectivity index (χ2v) is 6.98. The third kappa shape index (κ3) is 5.02. The average molecular weight is 275 g/mol. The van der Waals surface area contributed by atoms with E-state index in [0.717, 1.165) is 0 Å². The van der Waals surface area contributed by atoms with Crippen LogP contribution < -0.4 is 0 Å². The number of hydrogen-bond donors (Lipinski definition) is 1. The van der Waals surface area contributed by atoms with Crippen LogP contribution in [-0.2, 0) is 19.4 Å². The molecule has 5 nitrogen and oxygen atoms in total. The SMILES string of the molecule is CCC(C)(C)C(=O)OCCCS(=O)(=O)C(C)=C=N. The topological polar surface area (TPSA) is 84.3 Å². The molecule has 0 radical (unpaired) electrons. The molecule has 0 spiro atoms. The van der Waals surface area contributed by atoms with Crippen LogP contribution in [0.15, 0.2) is 4.91 Å². The number of carbonyl (C=O) groups is 1. The highest BCUT2D eigenvalue weighted by Crippen LogP contribution is 2.21. The van der Waals surface area contributed by atoms with Gasteiger partial charge in [-0.2, -0.15) is 0 Å². The Morgan fingerprint density at radius 2 is 1.94 bits per heavy atom. The summed E-state index contributed by atoms with van der Waals surface area (Å²) in [7, 11) is -3.42. The van der Waals surface area contributed by atoms with Crippen molar-refractivity contribution in [3.8, 4) is 0 Å². The predicted molar refractivity (Wildman–Crippen MR) is 70.3 cm³/mol. The van der Waals surface area contributed by atoms with Crippen molar-refractivity contribution in [2.24, 2.45) is 5.41 Å². The highest BCUT2D eigenvalue weighted by molar-refractivity contribution is 7.95. The number of esters is 1. The Morgan fingerprint density at radius 1 is 1.39 bits per heavy atom. The minimum Gasteiger partial charge on any atom is -0.465 e. The molecule has 0 fully saturated rings. The van der Waals surface area contributed by atoms with E-state index in [1.54, 1.807) is 13.8 Å². The van der Waals surface area contributed by atoms with Gasteiger partial charge in [-0.25, -0.2) is 8.42 Å². The first-order valence-corrected chi connectivity index (χ1v) is 7.49. The molecule has 0 heterocycles. The van der Waals surface area contributed by atoms with E-state index in [-0.39, 0.29) is 29.7 Å². The molecule has 0 atom stereocenters. The second-order valence-electron chi connectivity index (χ2n) is 4.73. The molecular weight excluding hydrogens is 254 g/mol. The van der Waals surface area contributed by atoms with E-state index in [4.69, 9.17) is 10.1 Å². The zero-order valence-electron chi connectivity index (χ0n) is 11.4. The quantitative estimate of drug-likeness (QED) is 0.437. The molecule has 104 valence electrons. The molecule has 0 aromatic rings. The van der Waals surface area contributed by atoms with Crippen molar-refractivity contribution in [2.45, 2.75) is 40.5 Å². The number of sulfone groups is 1. The van der Waals surface area contributed by atoms with E-state index >= 15 is 0 Å². The molecule has 0 saturated carbocycles. The fraction of sp³-hybridized carbons (Fsp3) is 0.750. The molecular formula is C12H21NO4S. The number of rotatable bonds is 7. The summed E-state index contributed by atoms with van der Waals surface area (Å²) < 4.78 is 28.0. The smallest absolute Gasteiger partial charge is 0.311 e. The maximum absolute atomic E-state index is 11.6. The average Bonchev–Trinajstić information content (AvgIpc) is 2.32. The Balaban J connectivity index is 4.18. The monoisotopic (exact) mass is 275 g/mol. The lowest BCUT2D eigenvalue weighted by molar-refractivity contribution is -0.154. The highest BCUT2D eigenvalue weighted by atomic mass is 32.2. The molecule has 0 saturated heterocycles. The van der Waals surface area contributed by atoms with E-state index in [2.05, 4.69) is 0 Å². The molecule has 0 amide bonds. The Labute approximate surface area is 109 Å². The van der Waals surface area contributed by atoms with Crippen LogP contribution in [0.3, 0.4) is 0 Å². The predicted octanol–water partition coefficient (Wildman–Crippen LogP) is 1.92. The van der Waals surface area contributed by atoms with Crippen molar-refractivity contribution in [3.63, 3.8) is 0 Å². The summed E-state index contributed by atoms with van der Waals surface area (Å²) in [6, 6.07) is 0. The zero-order valence-corrected chi connectivity index (χ0v) is 12.2. The molecule has 18 heavy (non-hydrogen) atoms. The van der Waals surface area contributed by atoms with Gasteiger partial charge >= 0.3 is 5.97 Å². The molecule has 0 aliphatic heterocycles. The van der Waals surface area contributed by atoms with Gasteiger partial charge in [0.05, 0.1) is 17.8 Å². The van der Waals surface area contributed by atoms with Gasteiger partial charge in [0, 0.05) is 0 Å². The molecule has 0 bridgehead atoms. The molecule has 0 unspecified atom stereocenters. The van der Waals surface area contributed by atoms with Gasteiger partial charge in [-0.1, -0.05) is 6.92 Å². The van der Waals surface area contributed by atoms with Gasteiger partial charge in [0.2, 0.25) is 0 Å². The zero-order chi connectivity index (χ0) is 14.4. The van der Waals surface area contributed by atoms with Gasteiger partial charge in [0.15, 0.2) is 9.84 Å². The molecule has 6 heteroatoms. The maximum atomic E-state index is 11.6. The van der Waals surface area contributed by atoms with Crippen LogP contribution in [0.4, 0.5) is 0 Å². The van der Waals surface area contributed by atoms with Crippen LogP contribution in [0, 0.1) is 10.8 Å². The van der Waals surface area contributed by atoms with Crippen LogP contribution in [0.25, 0.3) is 0 Å². The summed E-state index contributed by atoms with van der Waals surface area (Å²) in [6.45, 7) is 6.87. The van der Waals surface area contributed by atoms with E-state index in [0.29, 0.717) is 6.42 Å². The Kier molecular flexibility index (Phi) is 6.29. The van der Waals surface area contributed by atoms with Gasteiger partial charge in [-0.05, 0) is 39.5 Å². The van der Waals surface area contributed by atoms with Crippen molar-refractivity contribution >= 4 is 21.7 Å². The molecule has 0 aromatic heterocycles. The van der Waals surface area contributed by atoms with Gasteiger partial charge < -0.3 is 4.74 Å². The Morgan fingerprint density at radius 3 is 2.39 bits per heavy atom. The van der Waals surface area contributed by atoms with Crippen molar-refractivity contribution in [3.05, 3.63) is 4.91 Å². The lowest BCUT2D eigenvalue weighted by Gasteiger charge is -2.20. The van der Waals surface area contributed by atoms with Crippen LogP contribution in [0.1, 0.15) is 40.5 Å². The number of allylic oxidation sites excluding steroid dienone is 1. The number of carbonyl (C=O) groups excluding carboxylic acids is 1. The lowest BCUT2D eigenvalue weighted by Crippen LogP contribution is -2.26. The van der Waals surface area contributed by atoms with Crippen LogP contribution >= 0.6 is 0 Å². The van der Waals surface area contributed by atoms with Crippen molar-refractivity contribution in [1.29, 1.82) is 5.41 Å².